The van der Waals surface area contributed by atoms with Crippen molar-refractivity contribution < 1.29 is 9.59 Å². The normalized spacial score (nSPS) is 23.8. The number of likely N-dealkylation sites (tertiary alicyclic amines) is 1. The maximum Gasteiger partial charge on any atom is 0.239 e. The minimum absolute atomic E-state index is 0.0701. The Morgan fingerprint density at radius 3 is 2.71 bits per heavy atom. The highest BCUT2D eigenvalue weighted by molar-refractivity contribution is 5.86. The molecule has 2 amide bonds. The summed E-state index contributed by atoms with van der Waals surface area (Å²) in [5.74, 6) is -0.0203. The number of carbonyl (C=O) groups is 2. The van der Waals surface area contributed by atoms with Crippen LogP contribution in [-0.4, -0.2) is 49.4 Å². The van der Waals surface area contributed by atoms with Crippen LogP contribution in [0, 0.1) is 0 Å². The topological polar surface area (TPSA) is 61.4 Å². The smallest absolute Gasteiger partial charge is 0.239 e. The molecule has 80 valence electrons. The molecule has 0 spiro atoms. The Morgan fingerprint density at radius 2 is 2.29 bits per heavy atom. The Morgan fingerprint density at radius 1 is 1.64 bits per heavy atom. The lowest BCUT2D eigenvalue weighted by atomic mass is 10.2. The molecule has 0 radical (unpaired) electrons. The van der Waals surface area contributed by atoms with E-state index in [4.69, 9.17) is 0 Å². The van der Waals surface area contributed by atoms with Crippen LogP contribution in [0.5, 0.6) is 0 Å². The average molecular weight is 199 g/mol. The summed E-state index contributed by atoms with van der Waals surface area (Å²) in [6.07, 6.45) is 0.774. The number of nitrogens with one attached hydrogen (secondary N) is 2. The number of hydrogen-bond donors (Lipinski definition) is 2. The molecule has 0 aromatic heterocycles. The molecule has 0 aliphatic carbocycles. The second kappa shape index (κ2) is 4.41. The highest BCUT2D eigenvalue weighted by Crippen LogP contribution is 2.08. The molecule has 2 unspecified atom stereocenters. The van der Waals surface area contributed by atoms with Crippen molar-refractivity contribution in [2.45, 2.75) is 25.4 Å². The van der Waals surface area contributed by atoms with Gasteiger partial charge in [0.2, 0.25) is 11.8 Å². The standard InChI is InChI=1S/C9H17N3O2/c1-6(8(13)10-2)11-7-4-5-12(3)9(7)14/h6-7,11H,4-5H2,1-3H3,(H,10,13). The van der Waals surface area contributed by atoms with Gasteiger partial charge in [-0.3, -0.25) is 14.9 Å². The van der Waals surface area contributed by atoms with Gasteiger partial charge in [-0.05, 0) is 13.3 Å². The van der Waals surface area contributed by atoms with Crippen LogP contribution < -0.4 is 10.6 Å². The molecule has 5 heteroatoms. The molecule has 1 aliphatic heterocycles. The summed E-state index contributed by atoms with van der Waals surface area (Å²) in [5, 5.41) is 5.54. The van der Waals surface area contributed by atoms with Crippen molar-refractivity contribution in [3.8, 4) is 0 Å². The van der Waals surface area contributed by atoms with Gasteiger partial charge in [-0.1, -0.05) is 0 Å². The van der Waals surface area contributed by atoms with E-state index in [-0.39, 0.29) is 23.9 Å². The molecule has 0 saturated carbocycles. The van der Waals surface area contributed by atoms with Gasteiger partial charge in [0, 0.05) is 20.6 Å². The Kier molecular flexibility index (Phi) is 3.46. The summed E-state index contributed by atoms with van der Waals surface area (Å²) in [6, 6.07) is -0.521. The van der Waals surface area contributed by atoms with Crippen LogP contribution in [0.4, 0.5) is 0 Å². The number of nitrogens with zero attached hydrogens (tertiary/aromatic N) is 1. The molecule has 1 fully saturated rings. The zero-order valence-electron chi connectivity index (χ0n) is 8.83. The lowest BCUT2D eigenvalue weighted by Gasteiger charge is -2.16. The minimum atomic E-state index is -0.319. The third-order valence-corrected chi connectivity index (χ3v) is 2.52. The first kappa shape index (κ1) is 11.0. The van der Waals surface area contributed by atoms with Crippen molar-refractivity contribution >= 4 is 11.8 Å². The monoisotopic (exact) mass is 199 g/mol. The lowest BCUT2D eigenvalue weighted by Crippen LogP contribution is -2.48. The van der Waals surface area contributed by atoms with E-state index in [0.29, 0.717) is 0 Å². The van der Waals surface area contributed by atoms with Crippen LogP contribution in [0.3, 0.4) is 0 Å². The quantitative estimate of drug-likeness (QED) is 0.609. The van der Waals surface area contributed by atoms with E-state index in [0.717, 1.165) is 13.0 Å². The molecule has 1 heterocycles. The van der Waals surface area contributed by atoms with Crippen molar-refractivity contribution in [2.75, 3.05) is 20.6 Å². The summed E-state index contributed by atoms with van der Waals surface area (Å²) in [6.45, 7) is 2.52. The average Bonchev–Trinajstić information content (AvgIpc) is 2.48. The van der Waals surface area contributed by atoms with Crippen LogP contribution in [-0.2, 0) is 9.59 Å². The summed E-state index contributed by atoms with van der Waals surface area (Å²) in [7, 11) is 3.36. The van der Waals surface area contributed by atoms with Gasteiger partial charge in [0.25, 0.3) is 0 Å². The summed E-state index contributed by atoms with van der Waals surface area (Å²) in [5.41, 5.74) is 0. The zero-order valence-corrected chi connectivity index (χ0v) is 8.83. The van der Waals surface area contributed by atoms with Gasteiger partial charge in [-0.2, -0.15) is 0 Å². The molecule has 0 bridgehead atoms. The molecular weight excluding hydrogens is 182 g/mol. The Bertz CT molecular complexity index is 242. The third-order valence-electron chi connectivity index (χ3n) is 2.52. The predicted molar refractivity (Wildman–Crippen MR) is 52.7 cm³/mol. The van der Waals surface area contributed by atoms with Gasteiger partial charge in [0.15, 0.2) is 0 Å². The molecule has 1 saturated heterocycles. The predicted octanol–water partition coefficient (Wildman–Crippen LogP) is -1.06. The lowest BCUT2D eigenvalue weighted by molar-refractivity contribution is -0.129. The summed E-state index contributed by atoms with van der Waals surface area (Å²) < 4.78 is 0. The third kappa shape index (κ3) is 2.23. The fraction of sp³-hybridized carbons (Fsp3) is 0.778. The number of likely N-dealkylation sites (N-methyl/N-ethyl adjacent to an activating group) is 2. The molecule has 1 rings (SSSR count). The van der Waals surface area contributed by atoms with E-state index >= 15 is 0 Å². The van der Waals surface area contributed by atoms with Gasteiger partial charge >= 0.3 is 0 Å². The van der Waals surface area contributed by atoms with E-state index in [2.05, 4.69) is 10.6 Å². The van der Waals surface area contributed by atoms with Crippen molar-refractivity contribution in [3.63, 3.8) is 0 Å². The Balaban J connectivity index is 2.45. The molecule has 5 nitrogen and oxygen atoms in total. The summed E-state index contributed by atoms with van der Waals surface area (Å²) in [4.78, 5) is 24.3. The van der Waals surface area contributed by atoms with E-state index in [1.807, 2.05) is 0 Å². The van der Waals surface area contributed by atoms with Crippen LogP contribution in [0.2, 0.25) is 0 Å². The minimum Gasteiger partial charge on any atom is -0.358 e. The summed E-state index contributed by atoms with van der Waals surface area (Å²) >= 11 is 0. The van der Waals surface area contributed by atoms with Crippen LogP contribution in [0.15, 0.2) is 0 Å². The van der Waals surface area contributed by atoms with Crippen molar-refractivity contribution in [3.05, 3.63) is 0 Å². The second-order valence-electron chi connectivity index (χ2n) is 3.60. The number of amides is 2. The molecule has 0 aromatic carbocycles. The maximum atomic E-state index is 11.5. The van der Waals surface area contributed by atoms with Crippen LogP contribution >= 0.6 is 0 Å². The van der Waals surface area contributed by atoms with E-state index in [1.54, 1.807) is 25.9 Å². The Labute approximate surface area is 83.8 Å². The maximum absolute atomic E-state index is 11.5. The van der Waals surface area contributed by atoms with Crippen molar-refractivity contribution in [1.29, 1.82) is 0 Å². The molecule has 14 heavy (non-hydrogen) atoms. The zero-order chi connectivity index (χ0) is 10.7. The largest absolute Gasteiger partial charge is 0.358 e. The SMILES string of the molecule is CNC(=O)C(C)NC1CCN(C)C1=O. The van der Waals surface area contributed by atoms with Gasteiger partial charge in [-0.25, -0.2) is 0 Å². The first-order valence-electron chi connectivity index (χ1n) is 4.79. The van der Waals surface area contributed by atoms with Gasteiger partial charge in [0.1, 0.15) is 0 Å². The first-order valence-corrected chi connectivity index (χ1v) is 4.79. The van der Waals surface area contributed by atoms with Crippen LogP contribution in [0.25, 0.3) is 0 Å². The van der Waals surface area contributed by atoms with Gasteiger partial charge in [-0.15, -0.1) is 0 Å². The number of hydrogen-bond acceptors (Lipinski definition) is 3. The molecule has 2 N–H and O–H groups in total. The van der Waals surface area contributed by atoms with Crippen LogP contribution in [0.1, 0.15) is 13.3 Å². The fourth-order valence-corrected chi connectivity index (χ4v) is 1.57. The van der Waals surface area contributed by atoms with E-state index in [9.17, 15) is 9.59 Å². The van der Waals surface area contributed by atoms with E-state index < -0.39 is 0 Å². The first-order chi connectivity index (χ1) is 6.56. The molecular formula is C9H17N3O2. The number of rotatable bonds is 3. The van der Waals surface area contributed by atoms with Crippen molar-refractivity contribution in [2.24, 2.45) is 0 Å². The second-order valence-corrected chi connectivity index (χ2v) is 3.60. The van der Waals surface area contributed by atoms with E-state index in [1.165, 1.54) is 0 Å². The fourth-order valence-electron chi connectivity index (χ4n) is 1.57. The Hall–Kier alpha value is -1.10. The van der Waals surface area contributed by atoms with Gasteiger partial charge < -0.3 is 10.2 Å². The molecule has 2 atom stereocenters. The number of carbonyl (C=O) groups excluding carboxylic acids is 2. The van der Waals surface area contributed by atoms with Crippen molar-refractivity contribution in [1.82, 2.24) is 15.5 Å². The highest BCUT2D eigenvalue weighted by atomic mass is 16.2. The molecule has 0 aromatic rings. The highest BCUT2D eigenvalue weighted by Gasteiger charge is 2.30. The van der Waals surface area contributed by atoms with Gasteiger partial charge in [0.05, 0.1) is 12.1 Å². The molecule has 1 aliphatic rings.